The lowest BCUT2D eigenvalue weighted by Crippen LogP contribution is -2.66. The molecule has 0 aromatic heterocycles. The fourth-order valence-corrected chi connectivity index (χ4v) is 8.34. The van der Waals surface area contributed by atoms with E-state index < -0.39 is 8.40 Å². The van der Waals surface area contributed by atoms with E-state index in [0.29, 0.717) is 0 Å². The van der Waals surface area contributed by atoms with Gasteiger partial charge in [0.2, 0.25) is 8.40 Å². The Hall–Kier alpha value is 0.137. The van der Waals surface area contributed by atoms with Crippen LogP contribution in [-0.4, -0.2) is 33.6 Å². The second-order valence-electron chi connectivity index (χ2n) is 4.87. The molecule has 0 rings (SSSR count). The Morgan fingerprint density at radius 1 is 1.00 bits per heavy atom. The normalized spacial score (nSPS) is 20.0. The van der Waals surface area contributed by atoms with Crippen LogP contribution in [0.25, 0.3) is 0 Å². The molecule has 0 spiro atoms. The molecule has 2 atom stereocenters. The SMILES string of the molecule is CCN[Si](C(C)CC)(C(C)CC)N(C)C. The van der Waals surface area contributed by atoms with Crippen LogP contribution in [0.5, 0.6) is 0 Å². The van der Waals surface area contributed by atoms with Crippen molar-refractivity contribution >= 4 is 8.40 Å². The third-order valence-electron chi connectivity index (χ3n) is 3.93. The minimum atomic E-state index is -1.50. The summed E-state index contributed by atoms with van der Waals surface area (Å²) in [6.45, 7) is 12.8. The number of nitrogens with one attached hydrogen (secondary N) is 1. The van der Waals surface area contributed by atoms with E-state index in [0.717, 1.165) is 17.6 Å². The lowest BCUT2D eigenvalue weighted by molar-refractivity contribution is 0.516. The van der Waals surface area contributed by atoms with Gasteiger partial charge in [-0.05, 0) is 31.7 Å². The molecule has 0 heterocycles. The molecule has 0 amide bonds. The van der Waals surface area contributed by atoms with Crippen molar-refractivity contribution in [3.8, 4) is 0 Å². The zero-order valence-electron chi connectivity index (χ0n) is 11.7. The van der Waals surface area contributed by atoms with Gasteiger partial charge in [-0.2, -0.15) is 0 Å². The lowest BCUT2D eigenvalue weighted by atomic mass is 10.3. The number of rotatable bonds is 7. The topological polar surface area (TPSA) is 15.3 Å². The molecule has 0 fully saturated rings. The van der Waals surface area contributed by atoms with Gasteiger partial charge in [-0.3, -0.25) is 0 Å². The molecule has 0 aliphatic carbocycles. The molecule has 0 radical (unpaired) electrons. The standard InChI is InChI=1S/C12H30N2Si/c1-8-11(4)15(13-10-3,14(6)7)12(5)9-2/h11-13H,8-10H2,1-7H3. The Balaban J connectivity index is 5.06. The van der Waals surface area contributed by atoms with Crippen molar-refractivity contribution in [1.82, 2.24) is 9.55 Å². The molecule has 0 bridgehead atoms. The number of hydrogen-bond donors (Lipinski definition) is 1. The third-order valence-corrected chi connectivity index (χ3v) is 10.1. The molecule has 0 aliphatic heterocycles. The van der Waals surface area contributed by atoms with Gasteiger partial charge in [0, 0.05) is 0 Å². The molecular formula is C12H30N2Si. The highest BCUT2D eigenvalue weighted by molar-refractivity contribution is 6.77. The van der Waals surface area contributed by atoms with E-state index in [1.165, 1.54) is 12.8 Å². The van der Waals surface area contributed by atoms with Crippen LogP contribution in [0, 0.1) is 0 Å². The van der Waals surface area contributed by atoms with E-state index in [9.17, 15) is 0 Å². The molecular weight excluding hydrogens is 200 g/mol. The first kappa shape index (κ1) is 15.1. The minimum Gasteiger partial charge on any atom is -0.325 e. The highest BCUT2D eigenvalue weighted by Crippen LogP contribution is 2.35. The van der Waals surface area contributed by atoms with Crippen LogP contribution in [0.2, 0.25) is 11.1 Å². The zero-order valence-corrected chi connectivity index (χ0v) is 12.7. The van der Waals surface area contributed by atoms with Crippen LogP contribution >= 0.6 is 0 Å². The van der Waals surface area contributed by atoms with Crippen molar-refractivity contribution < 1.29 is 0 Å². The van der Waals surface area contributed by atoms with Crippen LogP contribution < -0.4 is 4.98 Å². The van der Waals surface area contributed by atoms with Crippen molar-refractivity contribution in [2.75, 3.05) is 20.6 Å². The van der Waals surface area contributed by atoms with Crippen LogP contribution in [0.15, 0.2) is 0 Å². The molecule has 15 heavy (non-hydrogen) atoms. The third kappa shape index (κ3) is 3.05. The summed E-state index contributed by atoms with van der Waals surface area (Å²) in [5.74, 6) is 0. The Bertz CT molecular complexity index is 161. The fraction of sp³-hybridized carbons (Fsp3) is 1.00. The van der Waals surface area contributed by atoms with Crippen molar-refractivity contribution in [2.24, 2.45) is 0 Å². The van der Waals surface area contributed by atoms with Gasteiger partial charge in [-0.25, -0.2) is 0 Å². The lowest BCUT2D eigenvalue weighted by Gasteiger charge is -2.46. The van der Waals surface area contributed by atoms with Crippen LogP contribution in [-0.2, 0) is 0 Å². The van der Waals surface area contributed by atoms with Crippen molar-refractivity contribution in [3.63, 3.8) is 0 Å². The van der Waals surface area contributed by atoms with Gasteiger partial charge in [-0.15, -0.1) is 0 Å². The molecule has 2 unspecified atom stereocenters. The molecule has 0 saturated carbocycles. The van der Waals surface area contributed by atoms with E-state index in [1.807, 2.05) is 0 Å². The predicted molar refractivity (Wildman–Crippen MR) is 72.5 cm³/mol. The smallest absolute Gasteiger partial charge is 0.209 e. The monoisotopic (exact) mass is 230 g/mol. The van der Waals surface area contributed by atoms with Gasteiger partial charge >= 0.3 is 0 Å². The first-order chi connectivity index (χ1) is 6.97. The maximum Gasteiger partial charge on any atom is 0.209 e. The van der Waals surface area contributed by atoms with Gasteiger partial charge in [0.05, 0.1) is 0 Å². The summed E-state index contributed by atoms with van der Waals surface area (Å²) in [6.07, 6.45) is 2.56. The van der Waals surface area contributed by atoms with Gasteiger partial charge in [0.15, 0.2) is 0 Å². The highest BCUT2D eigenvalue weighted by atomic mass is 28.3. The van der Waals surface area contributed by atoms with E-state index in [-0.39, 0.29) is 0 Å². The highest BCUT2D eigenvalue weighted by Gasteiger charge is 2.44. The number of nitrogens with zero attached hydrogens (tertiary/aromatic N) is 1. The summed E-state index contributed by atoms with van der Waals surface area (Å²) in [5.41, 5.74) is 1.62. The Morgan fingerprint density at radius 3 is 1.60 bits per heavy atom. The van der Waals surface area contributed by atoms with Crippen molar-refractivity contribution in [3.05, 3.63) is 0 Å². The zero-order chi connectivity index (χ0) is 12.1. The van der Waals surface area contributed by atoms with Crippen LogP contribution in [0.3, 0.4) is 0 Å². The molecule has 1 N–H and O–H groups in total. The first-order valence-corrected chi connectivity index (χ1v) is 8.49. The van der Waals surface area contributed by atoms with E-state index >= 15 is 0 Å². The molecule has 92 valence electrons. The summed E-state index contributed by atoms with van der Waals surface area (Å²) in [4.78, 5) is 3.86. The maximum atomic E-state index is 3.86. The molecule has 2 nitrogen and oxygen atoms in total. The van der Waals surface area contributed by atoms with Crippen LogP contribution in [0.1, 0.15) is 47.5 Å². The number of hydrogen-bond acceptors (Lipinski definition) is 2. The van der Waals surface area contributed by atoms with Gasteiger partial charge in [0.1, 0.15) is 0 Å². The average molecular weight is 230 g/mol. The molecule has 0 saturated heterocycles. The van der Waals surface area contributed by atoms with E-state index in [1.54, 1.807) is 0 Å². The van der Waals surface area contributed by atoms with Crippen LogP contribution in [0.4, 0.5) is 0 Å². The first-order valence-electron chi connectivity index (χ1n) is 6.39. The Kier molecular flexibility index (Phi) is 6.72. The largest absolute Gasteiger partial charge is 0.325 e. The summed E-state index contributed by atoms with van der Waals surface area (Å²) in [6, 6.07) is 0. The molecule has 3 heteroatoms. The molecule has 0 aliphatic rings. The molecule has 0 aromatic carbocycles. The fourth-order valence-electron chi connectivity index (χ4n) is 2.78. The average Bonchev–Trinajstić information content (AvgIpc) is 2.23. The van der Waals surface area contributed by atoms with E-state index in [2.05, 4.69) is 58.3 Å². The summed E-state index contributed by atoms with van der Waals surface area (Å²) >= 11 is 0. The second-order valence-corrected chi connectivity index (χ2v) is 9.74. The Morgan fingerprint density at radius 2 is 1.40 bits per heavy atom. The van der Waals surface area contributed by atoms with Crippen molar-refractivity contribution in [1.29, 1.82) is 0 Å². The predicted octanol–water partition coefficient (Wildman–Crippen LogP) is 3.20. The van der Waals surface area contributed by atoms with Gasteiger partial charge < -0.3 is 9.55 Å². The Labute approximate surface area is 97.6 Å². The van der Waals surface area contributed by atoms with Crippen molar-refractivity contribution in [2.45, 2.75) is 58.5 Å². The second kappa shape index (κ2) is 6.66. The minimum absolute atomic E-state index is 0.808. The van der Waals surface area contributed by atoms with E-state index in [4.69, 9.17) is 0 Å². The quantitative estimate of drug-likeness (QED) is 0.676. The molecule has 0 aromatic rings. The maximum absolute atomic E-state index is 3.86. The van der Waals surface area contributed by atoms with Gasteiger partial charge in [-0.1, -0.05) is 47.5 Å². The summed E-state index contributed by atoms with van der Waals surface area (Å²) in [5, 5.41) is 0. The van der Waals surface area contributed by atoms with Gasteiger partial charge in [0.25, 0.3) is 0 Å². The summed E-state index contributed by atoms with van der Waals surface area (Å²) < 4.78 is 2.51. The summed E-state index contributed by atoms with van der Waals surface area (Å²) in [7, 11) is 3.02.